The molecule has 1 aliphatic carbocycles. The summed E-state index contributed by atoms with van der Waals surface area (Å²) in [5.41, 5.74) is 4.88. The van der Waals surface area contributed by atoms with Gasteiger partial charge >= 0.3 is 6.61 Å². The molecule has 0 radical (unpaired) electrons. The van der Waals surface area contributed by atoms with Gasteiger partial charge in [0.15, 0.2) is 0 Å². The molecule has 2 aliphatic heterocycles. The van der Waals surface area contributed by atoms with E-state index in [0.29, 0.717) is 23.0 Å². The fraction of sp³-hybridized carbons (Fsp3) is 0.321. The maximum atomic E-state index is 13.7. The fourth-order valence-corrected chi connectivity index (χ4v) is 6.73. The molecular formula is C28H25F2N4O3P. The second-order valence-corrected chi connectivity index (χ2v) is 13.8. The third-order valence-corrected chi connectivity index (χ3v) is 9.13. The first-order valence-corrected chi connectivity index (χ1v) is 15.2. The summed E-state index contributed by atoms with van der Waals surface area (Å²) in [5.74, 6) is 0.650. The highest BCUT2D eigenvalue weighted by Gasteiger charge is 2.50. The zero-order chi connectivity index (χ0) is 26.3. The van der Waals surface area contributed by atoms with Gasteiger partial charge in [-0.05, 0) is 62.1 Å². The Balaban J connectivity index is 1.41. The van der Waals surface area contributed by atoms with Crippen molar-refractivity contribution >= 4 is 29.5 Å². The van der Waals surface area contributed by atoms with Crippen LogP contribution in [0.5, 0.6) is 5.75 Å². The van der Waals surface area contributed by atoms with Crippen molar-refractivity contribution in [3.63, 3.8) is 0 Å². The lowest BCUT2D eigenvalue weighted by Crippen LogP contribution is -2.36. The number of rotatable bonds is 5. The number of benzene rings is 2. The number of ether oxygens (including phenoxy) is 1. The van der Waals surface area contributed by atoms with E-state index >= 15 is 0 Å². The van der Waals surface area contributed by atoms with E-state index in [1.165, 1.54) is 6.07 Å². The molecule has 2 bridgehead atoms. The number of alkyl halides is 2. The molecule has 4 heterocycles. The van der Waals surface area contributed by atoms with Crippen LogP contribution in [-0.2, 0) is 4.57 Å². The van der Waals surface area contributed by atoms with Gasteiger partial charge in [-0.1, -0.05) is 18.2 Å². The monoisotopic (exact) mass is 534 g/mol. The van der Waals surface area contributed by atoms with Crippen LogP contribution in [0.1, 0.15) is 53.1 Å². The summed E-state index contributed by atoms with van der Waals surface area (Å²) in [6, 6.07) is 14.0. The molecule has 2 aromatic carbocycles. The number of carbonyl (C=O) groups excluding carboxylic acids is 1. The molecule has 4 aromatic rings. The first-order valence-electron chi connectivity index (χ1n) is 12.6. The van der Waals surface area contributed by atoms with E-state index in [1.807, 2.05) is 29.2 Å². The Bertz CT molecular complexity index is 1660. The number of hydrogen-bond acceptors (Lipinski definition) is 5. The van der Waals surface area contributed by atoms with Gasteiger partial charge in [0.25, 0.3) is 5.91 Å². The van der Waals surface area contributed by atoms with Crippen molar-refractivity contribution in [1.82, 2.24) is 19.4 Å². The van der Waals surface area contributed by atoms with Gasteiger partial charge in [-0.3, -0.25) is 9.78 Å². The Labute approximate surface area is 217 Å². The largest absolute Gasteiger partial charge is 0.434 e. The third-order valence-electron chi connectivity index (χ3n) is 7.76. The maximum absolute atomic E-state index is 13.7. The van der Waals surface area contributed by atoms with Crippen LogP contribution in [0.2, 0.25) is 0 Å². The second kappa shape index (κ2) is 8.21. The fourth-order valence-electron chi connectivity index (χ4n) is 5.96. The summed E-state index contributed by atoms with van der Waals surface area (Å²) in [4.78, 5) is 25.0. The second-order valence-electron chi connectivity index (χ2n) is 10.6. The molecule has 1 saturated carbocycles. The standard InChI is InChI=1S/C28H25F2N4O3P/c1-38(2,36)24-11-7-16(14-31-24)15-6-10-19-20(12-15)34-21-13-22(26(34)32-19)33(17-8-9-17)27(35)18-4-3-5-23(25(18)21)37-28(29)30/h3-7,10-12,14,17,21-22,28H,8-9,13H2,1-2H3/t21-,22-/m1/s1. The van der Waals surface area contributed by atoms with Gasteiger partial charge in [0.05, 0.1) is 28.6 Å². The first kappa shape index (κ1) is 23.5. The van der Waals surface area contributed by atoms with Crippen LogP contribution in [-0.4, -0.2) is 51.3 Å². The van der Waals surface area contributed by atoms with Gasteiger partial charge in [-0.2, -0.15) is 8.78 Å². The summed E-state index contributed by atoms with van der Waals surface area (Å²) < 4.78 is 46.3. The Kier molecular flexibility index (Phi) is 5.08. The minimum atomic E-state index is -3.00. The molecule has 0 N–H and O–H groups in total. The number of amides is 1. The van der Waals surface area contributed by atoms with E-state index in [-0.39, 0.29) is 29.8 Å². The molecule has 3 aliphatic rings. The highest BCUT2D eigenvalue weighted by atomic mass is 31.2. The molecule has 0 spiro atoms. The molecular weight excluding hydrogens is 509 g/mol. The summed E-state index contributed by atoms with van der Waals surface area (Å²) in [6.45, 7) is 0.382. The highest BCUT2D eigenvalue weighted by molar-refractivity contribution is 7.69. The van der Waals surface area contributed by atoms with Crippen LogP contribution in [0.25, 0.3) is 22.2 Å². The summed E-state index contributed by atoms with van der Waals surface area (Å²) in [7, 11) is -2.47. The predicted molar refractivity (Wildman–Crippen MR) is 140 cm³/mol. The van der Waals surface area contributed by atoms with Crippen molar-refractivity contribution in [2.45, 2.75) is 44.0 Å². The van der Waals surface area contributed by atoms with Crippen LogP contribution < -0.4 is 10.2 Å². The third kappa shape index (κ3) is 3.59. The molecule has 0 unspecified atom stereocenters. The Morgan fingerprint density at radius 3 is 2.53 bits per heavy atom. The number of pyridine rings is 1. The molecule has 10 heteroatoms. The minimum Gasteiger partial charge on any atom is -0.434 e. The topological polar surface area (TPSA) is 77.3 Å². The van der Waals surface area contributed by atoms with Gasteiger partial charge in [0.1, 0.15) is 18.7 Å². The SMILES string of the molecule is CP(C)(=O)c1ccc(-c2ccc3nc4n(c3c2)[C@@H]2C[C@H]4N(C3CC3)C(=O)c3cccc(OC(F)F)c32)cn1. The lowest BCUT2D eigenvalue weighted by atomic mass is 9.97. The maximum Gasteiger partial charge on any atom is 0.387 e. The zero-order valence-electron chi connectivity index (χ0n) is 20.8. The van der Waals surface area contributed by atoms with Crippen LogP contribution in [0, 0.1) is 0 Å². The number of halogens is 2. The predicted octanol–water partition coefficient (Wildman–Crippen LogP) is 5.60. The van der Waals surface area contributed by atoms with Crippen LogP contribution in [0.3, 0.4) is 0 Å². The first-order chi connectivity index (χ1) is 18.2. The van der Waals surface area contributed by atoms with Gasteiger partial charge in [0.2, 0.25) is 0 Å². The average molecular weight is 535 g/mol. The molecule has 194 valence electrons. The van der Waals surface area contributed by atoms with Gasteiger partial charge in [-0.25, -0.2) is 4.98 Å². The summed E-state index contributed by atoms with van der Waals surface area (Å²) in [5, 5.41) is 0. The molecule has 2 atom stereocenters. The van der Waals surface area contributed by atoms with Crippen molar-refractivity contribution in [2.75, 3.05) is 13.3 Å². The zero-order valence-corrected chi connectivity index (χ0v) is 21.7. The van der Waals surface area contributed by atoms with Gasteiger partial charge in [0, 0.05) is 35.3 Å². The van der Waals surface area contributed by atoms with E-state index in [2.05, 4.69) is 9.55 Å². The van der Waals surface area contributed by atoms with Crippen molar-refractivity contribution < 1.29 is 22.9 Å². The molecule has 38 heavy (non-hydrogen) atoms. The molecule has 2 aromatic heterocycles. The minimum absolute atomic E-state index is 0.0291. The normalized spacial score (nSPS) is 20.6. The lowest BCUT2D eigenvalue weighted by molar-refractivity contribution is -0.0507. The lowest BCUT2D eigenvalue weighted by Gasteiger charge is -2.28. The average Bonchev–Trinajstić information content (AvgIpc) is 3.57. The molecule has 0 saturated heterocycles. The quantitative estimate of drug-likeness (QED) is 0.312. The van der Waals surface area contributed by atoms with E-state index in [9.17, 15) is 18.1 Å². The number of nitrogens with zero attached hydrogens (tertiary/aromatic N) is 4. The molecule has 7 nitrogen and oxygen atoms in total. The van der Waals surface area contributed by atoms with E-state index in [0.717, 1.165) is 40.8 Å². The van der Waals surface area contributed by atoms with Crippen LogP contribution in [0.15, 0.2) is 54.7 Å². The van der Waals surface area contributed by atoms with E-state index in [1.54, 1.807) is 37.7 Å². The summed E-state index contributed by atoms with van der Waals surface area (Å²) >= 11 is 0. The van der Waals surface area contributed by atoms with E-state index in [4.69, 9.17) is 9.72 Å². The highest BCUT2D eigenvalue weighted by Crippen LogP contribution is 2.53. The van der Waals surface area contributed by atoms with E-state index < -0.39 is 13.8 Å². The molecule has 1 fully saturated rings. The summed E-state index contributed by atoms with van der Waals surface area (Å²) in [6.07, 6.45) is 4.12. The molecule has 7 rings (SSSR count). The van der Waals surface area contributed by atoms with Crippen LogP contribution >= 0.6 is 7.14 Å². The van der Waals surface area contributed by atoms with Crippen molar-refractivity contribution in [3.8, 4) is 16.9 Å². The number of hydrogen-bond donors (Lipinski definition) is 0. The van der Waals surface area contributed by atoms with Gasteiger partial charge in [-0.15, -0.1) is 0 Å². The number of fused-ring (bicyclic) bond motifs is 9. The number of carbonyl (C=O) groups is 1. The Hall–Kier alpha value is -3.58. The Morgan fingerprint density at radius 2 is 1.84 bits per heavy atom. The number of aromatic nitrogens is 3. The van der Waals surface area contributed by atoms with Crippen molar-refractivity contribution in [1.29, 1.82) is 0 Å². The molecule has 1 amide bonds. The van der Waals surface area contributed by atoms with Crippen molar-refractivity contribution in [3.05, 3.63) is 71.7 Å². The Morgan fingerprint density at radius 1 is 1.05 bits per heavy atom. The van der Waals surface area contributed by atoms with Crippen LogP contribution in [0.4, 0.5) is 8.78 Å². The van der Waals surface area contributed by atoms with Gasteiger partial charge < -0.3 is 18.8 Å². The smallest absolute Gasteiger partial charge is 0.387 e. The van der Waals surface area contributed by atoms with Crippen molar-refractivity contribution in [2.24, 2.45) is 0 Å². The number of imidazole rings is 1.